The topological polar surface area (TPSA) is 28.7 Å². The van der Waals surface area contributed by atoms with Crippen LogP contribution in [0.4, 0.5) is 0 Å². The summed E-state index contributed by atoms with van der Waals surface area (Å²) in [6.45, 7) is 2.06. The van der Waals surface area contributed by atoms with Crippen LogP contribution < -0.4 is 0 Å². The van der Waals surface area contributed by atoms with Gasteiger partial charge in [0.2, 0.25) is 0 Å². The number of benzene rings is 2. The number of nitrogens with one attached hydrogen (secondary N) is 1. The molecule has 120 valence electrons. The molecule has 2 nitrogen and oxygen atoms in total. The summed E-state index contributed by atoms with van der Waals surface area (Å²) in [6, 6.07) is 15.4. The van der Waals surface area contributed by atoms with Gasteiger partial charge >= 0.3 is 0 Å². The van der Waals surface area contributed by atoms with Gasteiger partial charge in [0.15, 0.2) is 0 Å². The number of aryl methyl sites for hydroxylation is 3. The van der Waals surface area contributed by atoms with E-state index in [1.165, 1.54) is 54.9 Å². The number of unbranched alkanes of at least 4 members (excludes halogenated alkanes) is 4. The predicted molar refractivity (Wildman–Crippen MR) is 97.8 cm³/mol. The molecule has 23 heavy (non-hydrogen) atoms. The average Bonchev–Trinajstić information content (AvgIpc) is 2.99. The maximum absolute atomic E-state index is 4.36. The lowest BCUT2D eigenvalue weighted by molar-refractivity contribution is 0.608. The van der Waals surface area contributed by atoms with E-state index in [9.17, 15) is 0 Å². The van der Waals surface area contributed by atoms with Gasteiger partial charge in [-0.25, -0.2) is 4.98 Å². The summed E-state index contributed by atoms with van der Waals surface area (Å²) in [5.41, 5.74) is 2.66. The van der Waals surface area contributed by atoms with Gasteiger partial charge in [-0.3, -0.25) is 0 Å². The number of hydrogen-bond donors (Lipinski definition) is 1. The molecular weight excluding hydrogens is 280 g/mol. The largest absolute Gasteiger partial charge is 0.346 e. The molecular formula is C21H26N2. The standard InChI is InChI=1S/C21H26N2/c1-17-16-22-21(23-17)15-6-4-2-3-5-10-18-12-9-13-19-11-7-8-14-20(18)19/h7-9,11-14,16H,2-6,10,15H2,1H3,(H,22,23). The molecule has 1 aromatic heterocycles. The summed E-state index contributed by atoms with van der Waals surface area (Å²) in [4.78, 5) is 7.67. The highest BCUT2D eigenvalue weighted by molar-refractivity contribution is 5.85. The minimum absolute atomic E-state index is 1.08. The molecule has 0 spiro atoms. The second-order valence-corrected chi connectivity index (χ2v) is 6.42. The minimum Gasteiger partial charge on any atom is -0.346 e. The van der Waals surface area contributed by atoms with Crippen LogP contribution in [0.1, 0.15) is 49.2 Å². The van der Waals surface area contributed by atoms with E-state index in [4.69, 9.17) is 0 Å². The van der Waals surface area contributed by atoms with Crippen molar-refractivity contribution < 1.29 is 0 Å². The Hall–Kier alpha value is -2.09. The number of fused-ring (bicyclic) bond motifs is 1. The van der Waals surface area contributed by atoms with Gasteiger partial charge in [0, 0.05) is 18.3 Å². The Balaban J connectivity index is 1.36. The van der Waals surface area contributed by atoms with Crippen LogP contribution in [0.25, 0.3) is 10.8 Å². The van der Waals surface area contributed by atoms with Crippen LogP contribution in [-0.2, 0) is 12.8 Å². The summed E-state index contributed by atoms with van der Waals surface area (Å²) in [5, 5.41) is 2.78. The number of rotatable bonds is 8. The molecule has 2 heteroatoms. The summed E-state index contributed by atoms with van der Waals surface area (Å²) in [6.07, 6.45) is 10.7. The molecule has 0 fully saturated rings. The number of aromatic amines is 1. The van der Waals surface area contributed by atoms with Crippen LogP contribution in [0.5, 0.6) is 0 Å². The van der Waals surface area contributed by atoms with Crippen molar-refractivity contribution in [3.63, 3.8) is 0 Å². The molecule has 0 amide bonds. The van der Waals surface area contributed by atoms with Crippen LogP contribution in [0, 0.1) is 6.92 Å². The summed E-state index contributed by atoms with van der Waals surface area (Å²) < 4.78 is 0. The molecule has 0 atom stereocenters. The molecule has 3 aromatic rings. The van der Waals surface area contributed by atoms with Crippen molar-refractivity contribution in [3.05, 3.63) is 65.7 Å². The fourth-order valence-corrected chi connectivity index (χ4v) is 3.24. The van der Waals surface area contributed by atoms with Gasteiger partial charge in [0.1, 0.15) is 5.82 Å². The Bertz CT molecular complexity index is 737. The Kier molecular flexibility index (Phi) is 5.46. The summed E-state index contributed by atoms with van der Waals surface area (Å²) >= 11 is 0. The van der Waals surface area contributed by atoms with Crippen LogP contribution in [0.2, 0.25) is 0 Å². The first kappa shape index (κ1) is 15.8. The number of H-pyrrole nitrogens is 1. The Labute approximate surface area is 139 Å². The molecule has 0 bridgehead atoms. The maximum Gasteiger partial charge on any atom is 0.106 e. The normalized spacial score (nSPS) is 11.2. The number of hydrogen-bond acceptors (Lipinski definition) is 1. The fraction of sp³-hybridized carbons (Fsp3) is 0.381. The van der Waals surface area contributed by atoms with Crippen LogP contribution in [0.15, 0.2) is 48.7 Å². The third-order valence-corrected chi connectivity index (χ3v) is 4.50. The first-order valence-electron chi connectivity index (χ1n) is 8.80. The van der Waals surface area contributed by atoms with E-state index < -0.39 is 0 Å². The zero-order valence-electron chi connectivity index (χ0n) is 14.0. The molecule has 1 heterocycles. The number of aromatic nitrogens is 2. The van der Waals surface area contributed by atoms with Crippen molar-refractivity contribution in [3.8, 4) is 0 Å². The maximum atomic E-state index is 4.36. The van der Waals surface area contributed by atoms with Gasteiger partial charge in [-0.15, -0.1) is 0 Å². The average molecular weight is 306 g/mol. The van der Waals surface area contributed by atoms with E-state index in [0.29, 0.717) is 0 Å². The van der Waals surface area contributed by atoms with E-state index >= 15 is 0 Å². The monoisotopic (exact) mass is 306 g/mol. The number of imidazole rings is 1. The molecule has 0 aliphatic heterocycles. The van der Waals surface area contributed by atoms with Crippen molar-refractivity contribution in [2.45, 2.75) is 51.9 Å². The molecule has 0 saturated carbocycles. The molecule has 1 N–H and O–H groups in total. The lowest BCUT2D eigenvalue weighted by Gasteiger charge is -2.06. The van der Waals surface area contributed by atoms with Gasteiger partial charge in [0.25, 0.3) is 0 Å². The van der Waals surface area contributed by atoms with E-state index in [2.05, 4.69) is 59.4 Å². The molecule has 0 unspecified atom stereocenters. The molecule has 0 aliphatic carbocycles. The van der Waals surface area contributed by atoms with Crippen LogP contribution >= 0.6 is 0 Å². The van der Waals surface area contributed by atoms with Gasteiger partial charge in [-0.1, -0.05) is 61.7 Å². The smallest absolute Gasteiger partial charge is 0.106 e. The van der Waals surface area contributed by atoms with Crippen molar-refractivity contribution in [2.24, 2.45) is 0 Å². The van der Waals surface area contributed by atoms with Crippen molar-refractivity contribution in [2.75, 3.05) is 0 Å². The minimum atomic E-state index is 1.08. The SMILES string of the molecule is Cc1cnc(CCCCCCCc2cccc3ccccc23)[nH]1. The number of nitrogens with zero attached hydrogens (tertiary/aromatic N) is 1. The second-order valence-electron chi connectivity index (χ2n) is 6.42. The van der Waals surface area contributed by atoms with Crippen LogP contribution in [-0.4, -0.2) is 9.97 Å². The van der Waals surface area contributed by atoms with Crippen molar-refractivity contribution in [1.29, 1.82) is 0 Å². The Morgan fingerprint density at radius 3 is 2.39 bits per heavy atom. The quantitative estimate of drug-likeness (QED) is 0.539. The Morgan fingerprint density at radius 1 is 0.826 bits per heavy atom. The third-order valence-electron chi connectivity index (χ3n) is 4.50. The van der Waals surface area contributed by atoms with E-state index in [1.54, 1.807) is 0 Å². The van der Waals surface area contributed by atoms with Gasteiger partial charge in [-0.05, 0) is 42.5 Å². The molecule has 0 saturated heterocycles. The zero-order chi connectivity index (χ0) is 15.9. The molecule has 0 radical (unpaired) electrons. The van der Waals surface area contributed by atoms with Gasteiger partial charge in [0.05, 0.1) is 0 Å². The van der Waals surface area contributed by atoms with Gasteiger partial charge in [-0.2, -0.15) is 0 Å². The second kappa shape index (κ2) is 7.96. The van der Waals surface area contributed by atoms with Crippen molar-refractivity contribution in [1.82, 2.24) is 9.97 Å². The summed E-state index contributed by atoms with van der Waals surface area (Å²) in [7, 11) is 0. The first-order valence-corrected chi connectivity index (χ1v) is 8.80. The van der Waals surface area contributed by atoms with Crippen molar-refractivity contribution >= 4 is 10.8 Å². The lowest BCUT2D eigenvalue weighted by Crippen LogP contribution is -1.90. The fourth-order valence-electron chi connectivity index (χ4n) is 3.24. The highest BCUT2D eigenvalue weighted by Crippen LogP contribution is 2.20. The molecule has 3 rings (SSSR count). The zero-order valence-corrected chi connectivity index (χ0v) is 14.0. The lowest BCUT2D eigenvalue weighted by atomic mass is 9.99. The van der Waals surface area contributed by atoms with Gasteiger partial charge < -0.3 is 4.98 Å². The highest BCUT2D eigenvalue weighted by Gasteiger charge is 2.01. The van der Waals surface area contributed by atoms with E-state index in [0.717, 1.165) is 17.9 Å². The Morgan fingerprint density at radius 2 is 1.57 bits per heavy atom. The third kappa shape index (κ3) is 4.44. The highest BCUT2D eigenvalue weighted by atomic mass is 14.9. The van der Waals surface area contributed by atoms with Crippen LogP contribution in [0.3, 0.4) is 0 Å². The molecule has 0 aliphatic rings. The van der Waals surface area contributed by atoms with E-state index in [1.807, 2.05) is 6.20 Å². The predicted octanol–water partition coefficient (Wildman–Crippen LogP) is 5.61. The molecule has 2 aromatic carbocycles. The first-order chi connectivity index (χ1) is 11.3. The summed E-state index contributed by atoms with van der Waals surface area (Å²) in [5.74, 6) is 1.14. The van der Waals surface area contributed by atoms with E-state index in [-0.39, 0.29) is 0 Å².